The molecule has 1 N–H and O–H groups in total. The van der Waals surface area contributed by atoms with Crippen molar-refractivity contribution in [2.24, 2.45) is 0 Å². The van der Waals surface area contributed by atoms with Crippen LogP contribution in [0.1, 0.15) is 37.8 Å². The van der Waals surface area contributed by atoms with E-state index in [2.05, 4.69) is 49.4 Å². The summed E-state index contributed by atoms with van der Waals surface area (Å²) in [5.74, 6) is 0.926. The van der Waals surface area contributed by atoms with Gasteiger partial charge in [-0.3, -0.25) is 0 Å². The van der Waals surface area contributed by atoms with Crippen molar-refractivity contribution >= 4 is 0 Å². The number of methoxy groups -OCH3 is 1. The average molecular weight is 264 g/mol. The van der Waals surface area contributed by atoms with Crippen LogP contribution >= 0.6 is 0 Å². The number of hydrogen-bond donors (Lipinski definition) is 1. The summed E-state index contributed by atoms with van der Waals surface area (Å²) in [6.45, 7) is 4.31. The van der Waals surface area contributed by atoms with E-state index in [1.165, 1.54) is 24.8 Å². The van der Waals surface area contributed by atoms with Gasteiger partial charge in [0.1, 0.15) is 5.75 Å². The number of unbranched alkanes of at least 4 members (excludes halogenated alkanes) is 2. The summed E-state index contributed by atoms with van der Waals surface area (Å²) in [7, 11) is 5.96. The summed E-state index contributed by atoms with van der Waals surface area (Å²) < 4.78 is 5.30. The van der Waals surface area contributed by atoms with Gasteiger partial charge in [-0.15, -0.1) is 0 Å². The Bertz CT molecular complexity index is 352. The number of benzene rings is 1. The molecule has 0 aromatic heterocycles. The van der Waals surface area contributed by atoms with Gasteiger partial charge in [0.25, 0.3) is 0 Å². The zero-order chi connectivity index (χ0) is 14.1. The van der Waals surface area contributed by atoms with Crippen molar-refractivity contribution in [3.05, 3.63) is 29.8 Å². The van der Waals surface area contributed by atoms with Crippen LogP contribution in [0.2, 0.25) is 0 Å². The first-order chi connectivity index (χ1) is 9.19. The fourth-order valence-corrected chi connectivity index (χ4v) is 2.19. The molecule has 1 atom stereocenters. The maximum absolute atomic E-state index is 5.30. The minimum Gasteiger partial charge on any atom is -0.497 e. The third-order valence-electron chi connectivity index (χ3n) is 3.40. The monoisotopic (exact) mass is 264 g/mol. The predicted molar refractivity (Wildman–Crippen MR) is 81.8 cm³/mol. The van der Waals surface area contributed by atoms with Crippen LogP contribution in [0.25, 0.3) is 0 Å². The molecule has 0 aliphatic heterocycles. The van der Waals surface area contributed by atoms with Crippen molar-refractivity contribution in [2.75, 3.05) is 34.3 Å². The van der Waals surface area contributed by atoms with Crippen molar-refractivity contribution < 1.29 is 4.74 Å². The van der Waals surface area contributed by atoms with Crippen LogP contribution in [0.15, 0.2) is 24.3 Å². The van der Waals surface area contributed by atoms with Gasteiger partial charge >= 0.3 is 0 Å². The van der Waals surface area contributed by atoms with E-state index in [0.717, 1.165) is 18.8 Å². The molecular weight excluding hydrogens is 236 g/mol. The first-order valence-electron chi connectivity index (χ1n) is 7.20. The highest BCUT2D eigenvalue weighted by molar-refractivity contribution is 5.30. The SMILES string of the molecule is CCCCCNCC(c1cccc(OC)c1)N(C)C. The van der Waals surface area contributed by atoms with Crippen LogP contribution < -0.4 is 10.1 Å². The summed E-state index contributed by atoms with van der Waals surface area (Å²) in [5.41, 5.74) is 1.30. The van der Waals surface area contributed by atoms with Gasteiger partial charge in [0.2, 0.25) is 0 Å². The van der Waals surface area contributed by atoms with Crippen molar-refractivity contribution in [3.63, 3.8) is 0 Å². The number of likely N-dealkylation sites (N-methyl/N-ethyl adjacent to an activating group) is 1. The number of nitrogens with zero attached hydrogens (tertiary/aromatic N) is 1. The van der Waals surface area contributed by atoms with Gasteiger partial charge in [-0.1, -0.05) is 31.9 Å². The molecule has 0 saturated carbocycles. The molecule has 108 valence electrons. The van der Waals surface area contributed by atoms with E-state index in [1.54, 1.807) is 7.11 Å². The lowest BCUT2D eigenvalue weighted by molar-refractivity contribution is 0.287. The Balaban J connectivity index is 2.56. The summed E-state index contributed by atoms with van der Waals surface area (Å²) in [6, 6.07) is 8.73. The fraction of sp³-hybridized carbons (Fsp3) is 0.625. The summed E-state index contributed by atoms with van der Waals surface area (Å²) in [4.78, 5) is 2.25. The van der Waals surface area contributed by atoms with E-state index in [1.807, 2.05) is 6.07 Å². The molecule has 0 saturated heterocycles. The molecule has 1 aromatic carbocycles. The van der Waals surface area contributed by atoms with Crippen LogP contribution in [0.4, 0.5) is 0 Å². The Labute approximate surface area is 118 Å². The third kappa shape index (κ3) is 5.62. The maximum atomic E-state index is 5.30. The van der Waals surface area contributed by atoms with Gasteiger partial charge in [-0.2, -0.15) is 0 Å². The van der Waals surface area contributed by atoms with Crippen LogP contribution in [0.3, 0.4) is 0 Å². The lowest BCUT2D eigenvalue weighted by Crippen LogP contribution is -2.31. The summed E-state index contributed by atoms with van der Waals surface area (Å²) in [5, 5.41) is 3.56. The van der Waals surface area contributed by atoms with Crippen molar-refractivity contribution in [1.82, 2.24) is 10.2 Å². The molecule has 1 aromatic rings. The van der Waals surface area contributed by atoms with Crippen LogP contribution in [0.5, 0.6) is 5.75 Å². The predicted octanol–water partition coefficient (Wildman–Crippen LogP) is 3.08. The summed E-state index contributed by atoms with van der Waals surface area (Å²) >= 11 is 0. The van der Waals surface area contributed by atoms with Gasteiger partial charge in [0.15, 0.2) is 0 Å². The largest absolute Gasteiger partial charge is 0.497 e. The molecule has 19 heavy (non-hydrogen) atoms. The van der Waals surface area contributed by atoms with Crippen molar-refractivity contribution in [2.45, 2.75) is 32.2 Å². The van der Waals surface area contributed by atoms with Crippen molar-refractivity contribution in [3.8, 4) is 5.75 Å². The second-order valence-electron chi connectivity index (χ2n) is 5.17. The van der Waals surface area contributed by atoms with Gasteiger partial charge in [-0.05, 0) is 44.8 Å². The average Bonchev–Trinajstić information content (AvgIpc) is 2.42. The molecule has 0 bridgehead atoms. The second-order valence-corrected chi connectivity index (χ2v) is 5.17. The van der Waals surface area contributed by atoms with E-state index < -0.39 is 0 Å². The van der Waals surface area contributed by atoms with Gasteiger partial charge < -0.3 is 15.0 Å². The molecule has 0 amide bonds. The second kappa shape index (κ2) is 8.94. The Kier molecular flexibility index (Phi) is 7.53. The van der Waals surface area contributed by atoms with E-state index in [4.69, 9.17) is 4.74 Å². The lowest BCUT2D eigenvalue weighted by Gasteiger charge is -2.25. The quantitative estimate of drug-likeness (QED) is 0.694. The normalized spacial score (nSPS) is 12.7. The molecule has 0 heterocycles. The molecule has 0 spiro atoms. The lowest BCUT2D eigenvalue weighted by atomic mass is 10.1. The number of nitrogens with one attached hydrogen (secondary N) is 1. The number of rotatable bonds is 9. The molecule has 1 rings (SSSR count). The molecule has 0 aliphatic rings. The Morgan fingerprint density at radius 2 is 2.05 bits per heavy atom. The Hall–Kier alpha value is -1.06. The highest BCUT2D eigenvalue weighted by Gasteiger charge is 2.13. The standard InChI is InChI=1S/C16H28N2O/c1-5-6-7-11-17-13-16(18(2)3)14-9-8-10-15(12-14)19-4/h8-10,12,16-17H,5-7,11,13H2,1-4H3. The fourth-order valence-electron chi connectivity index (χ4n) is 2.19. The molecule has 0 aliphatic carbocycles. The smallest absolute Gasteiger partial charge is 0.119 e. The Morgan fingerprint density at radius 1 is 1.26 bits per heavy atom. The van der Waals surface area contributed by atoms with Gasteiger partial charge in [0.05, 0.1) is 7.11 Å². The molecular formula is C16H28N2O. The first kappa shape index (κ1) is 16.0. The topological polar surface area (TPSA) is 24.5 Å². The highest BCUT2D eigenvalue weighted by atomic mass is 16.5. The van der Waals surface area contributed by atoms with Crippen LogP contribution in [0, 0.1) is 0 Å². The zero-order valence-electron chi connectivity index (χ0n) is 12.8. The van der Waals surface area contributed by atoms with Gasteiger partial charge in [-0.25, -0.2) is 0 Å². The molecule has 0 fully saturated rings. The zero-order valence-corrected chi connectivity index (χ0v) is 12.8. The number of ether oxygens (including phenoxy) is 1. The minimum absolute atomic E-state index is 0.386. The van der Waals surface area contributed by atoms with E-state index >= 15 is 0 Å². The maximum Gasteiger partial charge on any atom is 0.119 e. The molecule has 0 radical (unpaired) electrons. The van der Waals surface area contributed by atoms with E-state index in [9.17, 15) is 0 Å². The highest BCUT2D eigenvalue weighted by Crippen LogP contribution is 2.21. The molecule has 3 nitrogen and oxygen atoms in total. The molecule has 3 heteroatoms. The van der Waals surface area contributed by atoms with Gasteiger partial charge in [0, 0.05) is 12.6 Å². The van der Waals surface area contributed by atoms with E-state index in [0.29, 0.717) is 6.04 Å². The summed E-state index contributed by atoms with van der Waals surface area (Å²) in [6.07, 6.45) is 3.84. The first-order valence-corrected chi connectivity index (χ1v) is 7.20. The van der Waals surface area contributed by atoms with Crippen LogP contribution in [-0.2, 0) is 0 Å². The Morgan fingerprint density at radius 3 is 2.68 bits per heavy atom. The van der Waals surface area contributed by atoms with E-state index in [-0.39, 0.29) is 0 Å². The molecule has 1 unspecified atom stereocenters. The number of hydrogen-bond acceptors (Lipinski definition) is 3. The van der Waals surface area contributed by atoms with Crippen molar-refractivity contribution in [1.29, 1.82) is 0 Å². The van der Waals surface area contributed by atoms with Crippen LogP contribution in [-0.4, -0.2) is 39.2 Å². The third-order valence-corrected chi connectivity index (χ3v) is 3.40. The minimum atomic E-state index is 0.386.